The number of nitrogens with zero attached hydrogens (tertiary/aromatic N) is 1. The Morgan fingerprint density at radius 1 is 1.03 bits per heavy atom. The predicted molar refractivity (Wildman–Crippen MR) is 119 cm³/mol. The van der Waals surface area contributed by atoms with Crippen LogP contribution >= 0.6 is 0 Å². The average molecular weight is 438 g/mol. The second kappa shape index (κ2) is 10.1. The molecular formula is C25H27FN2O4. The Morgan fingerprint density at radius 3 is 2.34 bits per heavy atom. The molecule has 0 radical (unpaired) electrons. The number of H-pyrrole nitrogens is 1. The van der Waals surface area contributed by atoms with Gasteiger partial charge in [-0.25, -0.2) is 9.18 Å². The smallest absolute Gasteiger partial charge is 0.340 e. The van der Waals surface area contributed by atoms with Gasteiger partial charge in [0.2, 0.25) is 0 Å². The van der Waals surface area contributed by atoms with Crippen molar-refractivity contribution in [2.75, 3.05) is 13.7 Å². The summed E-state index contributed by atoms with van der Waals surface area (Å²) in [7, 11) is 1.58. The normalized spacial score (nSPS) is 10.7. The zero-order valence-electron chi connectivity index (χ0n) is 18.7. The maximum Gasteiger partial charge on any atom is 0.340 e. The van der Waals surface area contributed by atoms with E-state index in [-0.39, 0.29) is 25.3 Å². The number of aromatic nitrogens is 1. The summed E-state index contributed by atoms with van der Waals surface area (Å²) >= 11 is 0. The van der Waals surface area contributed by atoms with Crippen LogP contribution < -0.4 is 4.74 Å². The van der Waals surface area contributed by atoms with Crippen LogP contribution in [0, 0.1) is 19.7 Å². The van der Waals surface area contributed by atoms with Crippen molar-refractivity contribution >= 4 is 11.9 Å². The van der Waals surface area contributed by atoms with Gasteiger partial charge in [-0.05, 0) is 56.2 Å². The highest BCUT2D eigenvalue weighted by atomic mass is 19.1. The fourth-order valence-electron chi connectivity index (χ4n) is 3.63. The first-order valence-corrected chi connectivity index (χ1v) is 10.4. The number of rotatable bonds is 8. The number of hydrogen-bond acceptors (Lipinski definition) is 4. The summed E-state index contributed by atoms with van der Waals surface area (Å²) in [5, 5.41) is 0. The molecule has 3 rings (SSSR count). The Labute approximate surface area is 187 Å². The highest BCUT2D eigenvalue weighted by molar-refractivity contribution is 5.95. The summed E-state index contributed by atoms with van der Waals surface area (Å²) in [4.78, 5) is 30.4. The fourth-order valence-corrected chi connectivity index (χ4v) is 3.63. The number of esters is 1. The van der Waals surface area contributed by atoms with Crippen LogP contribution in [-0.4, -0.2) is 35.5 Å². The fraction of sp³-hybridized carbons (Fsp3) is 0.280. The van der Waals surface area contributed by atoms with Gasteiger partial charge in [-0.2, -0.15) is 0 Å². The summed E-state index contributed by atoms with van der Waals surface area (Å²) in [6.45, 7) is 6.04. The van der Waals surface area contributed by atoms with Crippen LogP contribution in [0.1, 0.15) is 50.2 Å². The van der Waals surface area contributed by atoms with Crippen molar-refractivity contribution in [1.29, 1.82) is 0 Å². The van der Waals surface area contributed by atoms with Crippen LogP contribution in [0.25, 0.3) is 0 Å². The van der Waals surface area contributed by atoms with Crippen molar-refractivity contribution in [1.82, 2.24) is 9.88 Å². The number of aryl methyl sites for hydroxylation is 1. The highest BCUT2D eigenvalue weighted by Crippen LogP contribution is 2.23. The van der Waals surface area contributed by atoms with Crippen LogP contribution in [0.5, 0.6) is 5.75 Å². The molecule has 0 saturated heterocycles. The topological polar surface area (TPSA) is 71.6 Å². The first-order valence-electron chi connectivity index (χ1n) is 10.4. The quantitative estimate of drug-likeness (QED) is 0.513. The molecule has 3 aromatic rings. The molecular weight excluding hydrogens is 411 g/mol. The molecule has 0 aliphatic heterocycles. The SMILES string of the molecule is CCOC(=O)c1c(C)[nH]c(CN(Cc2ccc(OC)cc2)C(=O)c2ccccc2F)c1C. The molecule has 0 aliphatic carbocycles. The van der Waals surface area contributed by atoms with Gasteiger partial charge in [0.15, 0.2) is 0 Å². The third-order valence-electron chi connectivity index (χ3n) is 5.29. The Bertz CT molecular complexity index is 1110. The average Bonchev–Trinajstić information content (AvgIpc) is 3.06. The number of methoxy groups -OCH3 is 1. The lowest BCUT2D eigenvalue weighted by Gasteiger charge is -2.23. The van der Waals surface area contributed by atoms with E-state index < -0.39 is 17.7 Å². The van der Waals surface area contributed by atoms with Gasteiger partial charge in [0, 0.05) is 17.9 Å². The van der Waals surface area contributed by atoms with Crippen LogP contribution in [0.15, 0.2) is 48.5 Å². The van der Waals surface area contributed by atoms with Crippen LogP contribution in [0.4, 0.5) is 4.39 Å². The summed E-state index contributed by atoms with van der Waals surface area (Å²) < 4.78 is 24.7. The van der Waals surface area contributed by atoms with Gasteiger partial charge < -0.3 is 19.4 Å². The summed E-state index contributed by atoms with van der Waals surface area (Å²) in [6.07, 6.45) is 0. The molecule has 168 valence electrons. The van der Waals surface area contributed by atoms with Crippen molar-refractivity contribution in [3.63, 3.8) is 0 Å². The molecule has 1 heterocycles. The van der Waals surface area contributed by atoms with E-state index in [1.807, 2.05) is 31.2 Å². The van der Waals surface area contributed by atoms with E-state index in [0.717, 1.165) is 5.56 Å². The van der Waals surface area contributed by atoms with E-state index in [1.54, 1.807) is 38.0 Å². The summed E-state index contributed by atoms with van der Waals surface area (Å²) in [5.41, 5.74) is 3.39. The van der Waals surface area contributed by atoms with Gasteiger partial charge in [-0.3, -0.25) is 4.79 Å². The minimum atomic E-state index is -0.580. The first kappa shape index (κ1) is 23.1. The van der Waals surface area contributed by atoms with Crippen LogP contribution in [0.2, 0.25) is 0 Å². The predicted octanol–water partition coefficient (Wildman–Crippen LogP) is 4.80. The number of nitrogens with one attached hydrogen (secondary N) is 1. The number of halogens is 1. The zero-order valence-corrected chi connectivity index (χ0v) is 18.7. The van der Waals surface area contributed by atoms with Gasteiger partial charge in [0.1, 0.15) is 11.6 Å². The molecule has 1 aromatic heterocycles. The standard InChI is InChI=1S/C25H27FN2O4/c1-5-32-25(30)23-16(2)22(27-17(23)3)15-28(14-18-10-12-19(31-4)13-11-18)24(29)20-8-6-7-9-21(20)26/h6-13,27H,5,14-15H2,1-4H3. The Balaban J connectivity index is 1.95. The lowest BCUT2D eigenvalue weighted by atomic mass is 10.1. The van der Waals surface area contributed by atoms with Gasteiger partial charge in [0.25, 0.3) is 5.91 Å². The van der Waals surface area contributed by atoms with Gasteiger partial charge in [0.05, 0.1) is 31.4 Å². The lowest BCUT2D eigenvalue weighted by Crippen LogP contribution is -2.31. The van der Waals surface area contributed by atoms with Gasteiger partial charge in [-0.1, -0.05) is 24.3 Å². The van der Waals surface area contributed by atoms with Gasteiger partial charge in [-0.15, -0.1) is 0 Å². The number of amides is 1. The molecule has 2 aromatic carbocycles. The van der Waals surface area contributed by atoms with Crippen LogP contribution in [-0.2, 0) is 17.8 Å². The molecule has 0 fully saturated rings. The van der Waals surface area contributed by atoms with E-state index in [9.17, 15) is 14.0 Å². The number of ether oxygens (including phenoxy) is 2. The largest absolute Gasteiger partial charge is 0.497 e. The third-order valence-corrected chi connectivity index (χ3v) is 5.29. The molecule has 6 nitrogen and oxygen atoms in total. The summed E-state index contributed by atoms with van der Waals surface area (Å²) in [5.74, 6) is -0.727. The highest BCUT2D eigenvalue weighted by Gasteiger charge is 2.24. The molecule has 7 heteroatoms. The molecule has 0 spiro atoms. The maximum atomic E-state index is 14.4. The van der Waals surface area contributed by atoms with Crippen molar-refractivity contribution in [3.05, 3.63) is 88.0 Å². The zero-order chi connectivity index (χ0) is 23.3. The Kier molecular flexibility index (Phi) is 7.30. The molecule has 1 N–H and O–H groups in total. The van der Waals surface area contributed by atoms with Crippen molar-refractivity contribution in [3.8, 4) is 5.75 Å². The van der Waals surface area contributed by atoms with Crippen molar-refractivity contribution in [2.24, 2.45) is 0 Å². The molecule has 1 amide bonds. The molecule has 32 heavy (non-hydrogen) atoms. The number of hydrogen-bond donors (Lipinski definition) is 1. The van der Waals surface area contributed by atoms with Crippen LogP contribution in [0.3, 0.4) is 0 Å². The van der Waals surface area contributed by atoms with Crippen molar-refractivity contribution < 1.29 is 23.5 Å². The van der Waals surface area contributed by atoms with E-state index >= 15 is 0 Å². The van der Waals surface area contributed by atoms with E-state index in [4.69, 9.17) is 9.47 Å². The molecule has 0 unspecified atom stereocenters. The molecule has 0 bridgehead atoms. The van der Waals surface area contributed by atoms with Crippen molar-refractivity contribution in [2.45, 2.75) is 33.9 Å². The van der Waals surface area contributed by atoms with Gasteiger partial charge >= 0.3 is 5.97 Å². The number of aromatic amines is 1. The minimum absolute atomic E-state index is 0.00689. The Morgan fingerprint density at radius 2 is 1.72 bits per heavy atom. The lowest BCUT2D eigenvalue weighted by molar-refractivity contribution is 0.0524. The number of carbonyl (C=O) groups excluding carboxylic acids is 2. The Hall–Kier alpha value is -3.61. The summed E-state index contributed by atoms with van der Waals surface area (Å²) in [6, 6.07) is 13.2. The second-order valence-corrected chi connectivity index (χ2v) is 7.44. The molecule has 0 atom stereocenters. The third kappa shape index (κ3) is 4.99. The molecule has 0 aliphatic rings. The second-order valence-electron chi connectivity index (χ2n) is 7.44. The molecule has 0 saturated carbocycles. The number of benzene rings is 2. The maximum absolute atomic E-state index is 14.4. The van der Waals surface area contributed by atoms with E-state index in [1.165, 1.54) is 12.1 Å². The minimum Gasteiger partial charge on any atom is -0.497 e. The van der Waals surface area contributed by atoms with E-state index in [0.29, 0.717) is 28.3 Å². The number of carbonyl (C=O) groups is 2. The monoisotopic (exact) mass is 438 g/mol. The van der Waals surface area contributed by atoms with E-state index in [2.05, 4.69) is 4.98 Å². The first-order chi connectivity index (χ1) is 15.3.